The number of aromatic nitrogens is 1. The zero-order valence-electron chi connectivity index (χ0n) is 15.6. The van der Waals surface area contributed by atoms with Gasteiger partial charge in [-0.1, -0.05) is 16.8 Å². The van der Waals surface area contributed by atoms with Gasteiger partial charge in [0.05, 0.1) is 11.6 Å². The molecule has 29 heavy (non-hydrogen) atoms. The Morgan fingerprint density at radius 3 is 2.52 bits per heavy atom. The van der Waals surface area contributed by atoms with E-state index in [-0.39, 0.29) is 21.3 Å². The van der Waals surface area contributed by atoms with Crippen molar-refractivity contribution >= 4 is 39.0 Å². The van der Waals surface area contributed by atoms with Crippen LogP contribution in [0.4, 0.5) is 11.5 Å². The first kappa shape index (κ1) is 20.7. The van der Waals surface area contributed by atoms with Gasteiger partial charge in [0, 0.05) is 17.3 Å². The molecule has 152 valence electrons. The van der Waals surface area contributed by atoms with Gasteiger partial charge in [-0.3, -0.25) is 9.52 Å². The van der Waals surface area contributed by atoms with Crippen molar-refractivity contribution in [1.29, 1.82) is 0 Å². The highest BCUT2D eigenvalue weighted by molar-refractivity contribution is 7.92. The van der Waals surface area contributed by atoms with Crippen molar-refractivity contribution in [1.82, 2.24) is 5.16 Å². The first-order valence-electron chi connectivity index (χ1n) is 8.58. The average molecular weight is 436 g/mol. The molecule has 1 aromatic heterocycles. The number of benzene rings is 2. The molecule has 2 aromatic carbocycles. The summed E-state index contributed by atoms with van der Waals surface area (Å²) < 4.78 is 38.2. The second-order valence-corrected chi connectivity index (χ2v) is 8.04. The van der Waals surface area contributed by atoms with E-state index in [1.54, 1.807) is 37.3 Å². The Morgan fingerprint density at radius 2 is 1.90 bits per heavy atom. The molecule has 0 bridgehead atoms. The fourth-order valence-corrected chi connectivity index (χ4v) is 4.05. The molecule has 2 N–H and O–H groups in total. The van der Waals surface area contributed by atoms with Gasteiger partial charge in [0.1, 0.15) is 16.4 Å². The fraction of sp³-hybridized carbons (Fsp3) is 0.158. The number of rotatable bonds is 7. The molecule has 10 heteroatoms. The summed E-state index contributed by atoms with van der Waals surface area (Å²) in [6.45, 7) is 4.04. The minimum atomic E-state index is -4.03. The lowest BCUT2D eigenvalue weighted by Gasteiger charge is -2.11. The smallest absolute Gasteiger partial charge is 0.263 e. The second-order valence-electron chi connectivity index (χ2n) is 5.99. The summed E-state index contributed by atoms with van der Waals surface area (Å²) in [5, 5.41) is 6.18. The number of hydrogen-bond acceptors (Lipinski definition) is 6. The number of ether oxygens (including phenoxy) is 1. The van der Waals surface area contributed by atoms with Crippen LogP contribution >= 0.6 is 11.6 Å². The minimum Gasteiger partial charge on any atom is -0.494 e. The summed E-state index contributed by atoms with van der Waals surface area (Å²) >= 11 is 6.08. The molecule has 0 aliphatic carbocycles. The van der Waals surface area contributed by atoms with Gasteiger partial charge < -0.3 is 14.6 Å². The van der Waals surface area contributed by atoms with Crippen LogP contribution in [-0.2, 0) is 10.0 Å². The number of carbonyl (C=O) groups excluding carboxylic acids is 1. The van der Waals surface area contributed by atoms with E-state index in [9.17, 15) is 13.2 Å². The molecule has 1 amide bonds. The Morgan fingerprint density at radius 1 is 1.17 bits per heavy atom. The maximum Gasteiger partial charge on any atom is 0.263 e. The number of anilines is 2. The predicted octanol–water partition coefficient (Wildman–Crippen LogP) is 4.09. The largest absolute Gasteiger partial charge is 0.494 e. The third kappa shape index (κ3) is 5.07. The van der Waals surface area contributed by atoms with Gasteiger partial charge in [0.15, 0.2) is 5.82 Å². The van der Waals surface area contributed by atoms with E-state index in [0.29, 0.717) is 23.8 Å². The first-order chi connectivity index (χ1) is 13.8. The Hall–Kier alpha value is -3.04. The van der Waals surface area contributed by atoms with Crippen LogP contribution in [0.3, 0.4) is 0 Å². The zero-order valence-corrected chi connectivity index (χ0v) is 17.2. The Labute approximate surface area is 172 Å². The molecule has 0 spiro atoms. The number of aryl methyl sites for hydroxylation is 1. The lowest BCUT2D eigenvalue weighted by molar-refractivity contribution is 0.102. The number of carbonyl (C=O) groups is 1. The number of halogens is 1. The van der Waals surface area contributed by atoms with Gasteiger partial charge in [0.2, 0.25) is 0 Å². The highest BCUT2D eigenvalue weighted by Crippen LogP contribution is 2.26. The van der Waals surface area contributed by atoms with E-state index in [4.69, 9.17) is 20.9 Å². The van der Waals surface area contributed by atoms with Crippen molar-refractivity contribution in [3.05, 3.63) is 64.9 Å². The molecule has 0 atom stereocenters. The molecule has 8 nitrogen and oxygen atoms in total. The summed E-state index contributed by atoms with van der Waals surface area (Å²) in [5.41, 5.74) is 0.430. The SMILES string of the molecule is CCOc1ccc(NS(=O)(=O)c2cc(C(=O)Nc3cc(C)on3)ccc2Cl)cc1. The molecule has 0 fully saturated rings. The number of hydrogen-bond donors (Lipinski definition) is 2. The van der Waals surface area contributed by atoms with E-state index in [0.717, 1.165) is 0 Å². The summed E-state index contributed by atoms with van der Waals surface area (Å²) in [5.74, 6) is 0.821. The first-order valence-corrected chi connectivity index (χ1v) is 10.4. The van der Waals surface area contributed by atoms with Crippen LogP contribution in [-0.4, -0.2) is 26.1 Å². The normalized spacial score (nSPS) is 11.1. The van der Waals surface area contributed by atoms with E-state index in [2.05, 4.69) is 15.2 Å². The molecule has 3 rings (SSSR count). The molecule has 1 heterocycles. The van der Waals surface area contributed by atoms with E-state index < -0.39 is 15.9 Å². The number of nitrogens with zero attached hydrogens (tertiary/aromatic N) is 1. The van der Waals surface area contributed by atoms with Gasteiger partial charge in [-0.05, 0) is 56.3 Å². The second kappa shape index (κ2) is 8.54. The number of sulfonamides is 1. The maximum atomic E-state index is 12.8. The lowest BCUT2D eigenvalue weighted by atomic mass is 10.2. The van der Waals surface area contributed by atoms with Crippen molar-refractivity contribution in [2.24, 2.45) is 0 Å². The molecule has 0 saturated heterocycles. The van der Waals surface area contributed by atoms with Crippen LogP contribution in [0, 0.1) is 6.92 Å². The lowest BCUT2D eigenvalue weighted by Crippen LogP contribution is -2.16. The van der Waals surface area contributed by atoms with Gasteiger partial charge in [-0.25, -0.2) is 8.42 Å². The van der Waals surface area contributed by atoms with Gasteiger partial charge in [-0.2, -0.15) is 0 Å². The van der Waals surface area contributed by atoms with Crippen LogP contribution < -0.4 is 14.8 Å². The molecule has 0 aliphatic rings. The third-order valence-electron chi connectivity index (χ3n) is 3.77. The van der Waals surface area contributed by atoms with Crippen LogP contribution in [0.15, 0.2) is 57.9 Å². The van der Waals surface area contributed by atoms with Gasteiger partial charge in [-0.15, -0.1) is 0 Å². The molecular formula is C19H18ClN3O5S. The predicted molar refractivity (Wildman–Crippen MR) is 109 cm³/mol. The number of nitrogens with one attached hydrogen (secondary N) is 2. The molecule has 3 aromatic rings. The Balaban J connectivity index is 1.82. The summed E-state index contributed by atoms with van der Waals surface area (Å²) in [4.78, 5) is 12.2. The zero-order chi connectivity index (χ0) is 21.0. The van der Waals surface area contributed by atoms with Gasteiger partial charge >= 0.3 is 0 Å². The summed E-state index contributed by atoms with van der Waals surface area (Å²) in [6.07, 6.45) is 0. The van der Waals surface area contributed by atoms with Crippen LogP contribution in [0.25, 0.3) is 0 Å². The quantitative estimate of drug-likeness (QED) is 0.578. The molecule has 0 unspecified atom stereocenters. The van der Waals surface area contributed by atoms with Crippen molar-refractivity contribution in [3.8, 4) is 5.75 Å². The third-order valence-corrected chi connectivity index (χ3v) is 5.63. The Kier molecular flexibility index (Phi) is 6.09. The minimum absolute atomic E-state index is 0.0164. The molecule has 0 saturated carbocycles. The van der Waals surface area contributed by atoms with Crippen LogP contribution in [0.1, 0.15) is 23.0 Å². The molecular weight excluding hydrogens is 418 g/mol. The maximum absolute atomic E-state index is 12.8. The standard InChI is InChI=1S/C19H18ClN3O5S/c1-3-27-15-7-5-14(6-8-15)23-29(25,26)17-11-13(4-9-16(17)20)19(24)21-18-10-12(2)28-22-18/h4-11,23H,3H2,1-2H3,(H,21,22,24). The molecule has 0 radical (unpaired) electrons. The summed E-state index contributed by atoms with van der Waals surface area (Å²) in [6, 6.07) is 11.9. The number of amides is 1. The van der Waals surface area contributed by atoms with E-state index >= 15 is 0 Å². The molecule has 0 aliphatic heterocycles. The van der Waals surface area contributed by atoms with Crippen molar-refractivity contribution in [3.63, 3.8) is 0 Å². The van der Waals surface area contributed by atoms with E-state index in [1.165, 1.54) is 18.2 Å². The highest BCUT2D eigenvalue weighted by Gasteiger charge is 2.21. The average Bonchev–Trinajstić information content (AvgIpc) is 3.08. The monoisotopic (exact) mass is 435 g/mol. The van der Waals surface area contributed by atoms with Crippen molar-refractivity contribution < 1.29 is 22.5 Å². The fourth-order valence-electron chi connectivity index (χ4n) is 2.46. The van der Waals surface area contributed by atoms with Crippen molar-refractivity contribution in [2.75, 3.05) is 16.6 Å². The highest BCUT2D eigenvalue weighted by atomic mass is 35.5. The van der Waals surface area contributed by atoms with Gasteiger partial charge in [0.25, 0.3) is 15.9 Å². The van der Waals surface area contributed by atoms with Crippen molar-refractivity contribution in [2.45, 2.75) is 18.7 Å². The summed E-state index contributed by atoms with van der Waals surface area (Å²) in [7, 11) is -4.03. The Bertz CT molecular complexity index is 1130. The topological polar surface area (TPSA) is 111 Å². The van der Waals surface area contributed by atoms with E-state index in [1.807, 2.05) is 6.92 Å². The van der Waals surface area contributed by atoms with Crippen LogP contribution in [0.2, 0.25) is 5.02 Å². The van der Waals surface area contributed by atoms with Crippen LogP contribution in [0.5, 0.6) is 5.75 Å².